The average Bonchev–Trinajstić information content (AvgIpc) is 2.75. The highest BCUT2D eigenvalue weighted by Gasteiger charge is 2.48. The van der Waals surface area contributed by atoms with E-state index in [0.29, 0.717) is 5.02 Å². The van der Waals surface area contributed by atoms with Crippen LogP contribution in [-0.4, -0.2) is 16.8 Å². The molecule has 0 aliphatic carbocycles. The number of halogens is 1. The topological polar surface area (TPSA) is 49.4 Å². The Balaban J connectivity index is 1.91. The van der Waals surface area contributed by atoms with Crippen LogP contribution in [0.2, 0.25) is 5.02 Å². The van der Waals surface area contributed by atoms with Gasteiger partial charge in [-0.05, 0) is 24.1 Å². The molecule has 0 bridgehead atoms. The van der Waals surface area contributed by atoms with Crippen LogP contribution in [0.1, 0.15) is 18.1 Å². The SMILES string of the molecule is C[C@]1(c2ccccc2)NC(=O)N(Cc2ccccc2Cl)C1=O. The molecule has 0 saturated carbocycles. The minimum Gasteiger partial charge on any atom is -0.319 e. The van der Waals surface area contributed by atoms with Gasteiger partial charge in [-0.25, -0.2) is 4.79 Å². The minimum atomic E-state index is -1.04. The molecule has 1 N–H and O–H groups in total. The summed E-state index contributed by atoms with van der Waals surface area (Å²) >= 11 is 6.12. The normalized spacial score (nSPS) is 21.1. The predicted molar refractivity (Wildman–Crippen MR) is 84.3 cm³/mol. The first-order valence-corrected chi connectivity index (χ1v) is 7.33. The van der Waals surface area contributed by atoms with Crippen LogP contribution in [0.25, 0.3) is 0 Å². The van der Waals surface area contributed by atoms with Crippen molar-refractivity contribution < 1.29 is 9.59 Å². The largest absolute Gasteiger partial charge is 0.325 e. The monoisotopic (exact) mass is 314 g/mol. The Morgan fingerprint density at radius 1 is 1.05 bits per heavy atom. The second kappa shape index (κ2) is 5.46. The number of carbonyl (C=O) groups excluding carboxylic acids is 2. The van der Waals surface area contributed by atoms with Crippen LogP contribution in [0.15, 0.2) is 54.6 Å². The lowest BCUT2D eigenvalue weighted by atomic mass is 9.92. The smallest absolute Gasteiger partial charge is 0.319 e. The van der Waals surface area contributed by atoms with Gasteiger partial charge < -0.3 is 5.32 Å². The molecule has 1 saturated heterocycles. The van der Waals surface area contributed by atoms with Crippen molar-refractivity contribution in [2.24, 2.45) is 0 Å². The fraction of sp³-hybridized carbons (Fsp3) is 0.176. The third-order valence-electron chi connectivity index (χ3n) is 3.91. The molecule has 3 amide bonds. The van der Waals surface area contributed by atoms with Crippen molar-refractivity contribution >= 4 is 23.5 Å². The number of benzene rings is 2. The molecular weight excluding hydrogens is 300 g/mol. The number of hydrogen-bond acceptors (Lipinski definition) is 2. The summed E-state index contributed by atoms with van der Waals surface area (Å²) in [5.74, 6) is -0.274. The summed E-state index contributed by atoms with van der Waals surface area (Å²) < 4.78 is 0. The zero-order valence-corrected chi connectivity index (χ0v) is 12.8. The summed E-state index contributed by atoms with van der Waals surface area (Å²) in [6.07, 6.45) is 0. The van der Waals surface area contributed by atoms with Crippen molar-refractivity contribution in [2.45, 2.75) is 19.0 Å². The lowest BCUT2D eigenvalue weighted by Crippen LogP contribution is -2.40. The average molecular weight is 315 g/mol. The fourth-order valence-electron chi connectivity index (χ4n) is 2.60. The van der Waals surface area contributed by atoms with Crippen LogP contribution in [0.3, 0.4) is 0 Å². The van der Waals surface area contributed by atoms with Crippen molar-refractivity contribution in [3.8, 4) is 0 Å². The molecule has 22 heavy (non-hydrogen) atoms. The quantitative estimate of drug-likeness (QED) is 0.884. The van der Waals surface area contributed by atoms with E-state index in [1.165, 1.54) is 4.90 Å². The molecule has 1 atom stereocenters. The summed E-state index contributed by atoms with van der Waals surface area (Å²) in [4.78, 5) is 26.2. The van der Waals surface area contributed by atoms with Gasteiger partial charge in [-0.15, -0.1) is 0 Å². The molecule has 1 heterocycles. The van der Waals surface area contributed by atoms with Crippen molar-refractivity contribution in [3.05, 3.63) is 70.7 Å². The molecule has 1 fully saturated rings. The van der Waals surface area contributed by atoms with E-state index in [0.717, 1.165) is 11.1 Å². The minimum absolute atomic E-state index is 0.159. The van der Waals surface area contributed by atoms with Gasteiger partial charge in [0.1, 0.15) is 5.54 Å². The second-order valence-corrected chi connectivity index (χ2v) is 5.81. The Hall–Kier alpha value is -2.33. The van der Waals surface area contributed by atoms with Crippen LogP contribution in [-0.2, 0) is 16.9 Å². The third kappa shape index (κ3) is 2.35. The highest BCUT2D eigenvalue weighted by molar-refractivity contribution is 6.31. The van der Waals surface area contributed by atoms with Gasteiger partial charge in [-0.1, -0.05) is 60.1 Å². The number of amides is 3. The highest BCUT2D eigenvalue weighted by Crippen LogP contribution is 2.30. The summed E-state index contributed by atoms with van der Waals surface area (Å²) in [6.45, 7) is 1.88. The van der Waals surface area contributed by atoms with E-state index in [4.69, 9.17) is 11.6 Å². The van der Waals surface area contributed by atoms with E-state index in [2.05, 4.69) is 5.32 Å². The maximum absolute atomic E-state index is 12.8. The van der Waals surface area contributed by atoms with Gasteiger partial charge in [0.25, 0.3) is 5.91 Å². The summed E-state index contributed by atoms with van der Waals surface area (Å²) in [5, 5.41) is 3.32. The zero-order chi connectivity index (χ0) is 15.7. The molecule has 0 radical (unpaired) electrons. The molecule has 0 aromatic heterocycles. The molecule has 5 heteroatoms. The fourth-order valence-corrected chi connectivity index (χ4v) is 2.80. The number of rotatable bonds is 3. The molecule has 2 aromatic rings. The van der Waals surface area contributed by atoms with E-state index < -0.39 is 11.6 Å². The van der Waals surface area contributed by atoms with Crippen LogP contribution in [0.4, 0.5) is 4.79 Å². The molecule has 1 aliphatic rings. The Kier molecular flexibility index (Phi) is 3.62. The van der Waals surface area contributed by atoms with Gasteiger partial charge in [0, 0.05) is 5.02 Å². The maximum Gasteiger partial charge on any atom is 0.325 e. The highest BCUT2D eigenvalue weighted by atomic mass is 35.5. The molecule has 3 rings (SSSR count). The van der Waals surface area contributed by atoms with E-state index in [1.807, 2.05) is 42.5 Å². The van der Waals surface area contributed by atoms with Crippen LogP contribution < -0.4 is 5.32 Å². The van der Waals surface area contributed by atoms with Crippen molar-refractivity contribution in [1.29, 1.82) is 0 Å². The molecule has 112 valence electrons. The van der Waals surface area contributed by atoms with Gasteiger partial charge in [0.05, 0.1) is 6.54 Å². The number of urea groups is 1. The first kappa shape index (κ1) is 14.6. The van der Waals surface area contributed by atoms with E-state index in [9.17, 15) is 9.59 Å². The number of hydrogen-bond donors (Lipinski definition) is 1. The summed E-state index contributed by atoms with van der Waals surface area (Å²) in [6, 6.07) is 16.0. The molecular formula is C17H15ClN2O2. The Morgan fingerprint density at radius 3 is 2.36 bits per heavy atom. The number of carbonyl (C=O) groups is 2. The summed E-state index contributed by atoms with van der Waals surface area (Å²) in [7, 11) is 0. The van der Waals surface area contributed by atoms with Gasteiger partial charge >= 0.3 is 6.03 Å². The molecule has 0 unspecified atom stereocenters. The molecule has 1 aliphatic heterocycles. The first-order chi connectivity index (χ1) is 10.5. The van der Waals surface area contributed by atoms with E-state index in [1.54, 1.807) is 19.1 Å². The van der Waals surface area contributed by atoms with E-state index >= 15 is 0 Å². The predicted octanol–water partition coefficient (Wildman–Crippen LogP) is 3.31. The van der Waals surface area contributed by atoms with Crippen LogP contribution in [0, 0.1) is 0 Å². The second-order valence-electron chi connectivity index (χ2n) is 5.40. The van der Waals surface area contributed by atoms with Gasteiger partial charge in [-0.2, -0.15) is 0 Å². The maximum atomic E-state index is 12.8. The molecule has 4 nitrogen and oxygen atoms in total. The standard InChI is InChI=1S/C17H15ClN2O2/c1-17(13-8-3-2-4-9-13)15(21)20(16(22)19-17)11-12-7-5-6-10-14(12)18/h2-10H,11H2,1H3,(H,19,22)/t17-/m1/s1. The Labute approximate surface area is 133 Å². The van der Waals surface area contributed by atoms with E-state index in [-0.39, 0.29) is 12.5 Å². The lowest BCUT2D eigenvalue weighted by molar-refractivity contribution is -0.131. The van der Waals surface area contributed by atoms with Crippen LogP contribution >= 0.6 is 11.6 Å². The third-order valence-corrected chi connectivity index (χ3v) is 4.28. The molecule has 0 spiro atoms. The van der Waals surface area contributed by atoms with Crippen LogP contribution in [0.5, 0.6) is 0 Å². The first-order valence-electron chi connectivity index (χ1n) is 6.95. The summed E-state index contributed by atoms with van der Waals surface area (Å²) in [5.41, 5.74) is 0.458. The Morgan fingerprint density at radius 2 is 1.68 bits per heavy atom. The zero-order valence-electron chi connectivity index (χ0n) is 12.0. The van der Waals surface area contributed by atoms with Gasteiger partial charge in [-0.3, -0.25) is 9.69 Å². The van der Waals surface area contributed by atoms with Crippen molar-refractivity contribution in [1.82, 2.24) is 10.2 Å². The van der Waals surface area contributed by atoms with Gasteiger partial charge in [0.2, 0.25) is 0 Å². The van der Waals surface area contributed by atoms with Crippen molar-refractivity contribution in [2.75, 3.05) is 0 Å². The van der Waals surface area contributed by atoms with Crippen molar-refractivity contribution in [3.63, 3.8) is 0 Å². The lowest BCUT2D eigenvalue weighted by Gasteiger charge is -2.22. The molecule has 2 aromatic carbocycles. The number of nitrogens with one attached hydrogen (secondary N) is 1. The van der Waals surface area contributed by atoms with Gasteiger partial charge in [0.15, 0.2) is 0 Å². The number of imide groups is 1. The Bertz CT molecular complexity index is 732. The number of nitrogens with zero attached hydrogens (tertiary/aromatic N) is 1.